The second kappa shape index (κ2) is 3.04. The second-order valence-electron chi connectivity index (χ2n) is 6.35. The van der Waals surface area contributed by atoms with Crippen LogP contribution in [0.15, 0.2) is 16.7 Å². The summed E-state index contributed by atoms with van der Waals surface area (Å²) in [7, 11) is 0. The number of Topliss-reactive ketones (excluding diaryl/α,β-unsaturated/α-hetero) is 1. The summed E-state index contributed by atoms with van der Waals surface area (Å²) in [5.74, 6) is 2.25. The molecule has 4 atom stereocenters. The minimum atomic E-state index is -0.219. The Balaban J connectivity index is 2.22. The van der Waals surface area contributed by atoms with E-state index in [9.17, 15) is 4.79 Å². The molecule has 17 heavy (non-hydrogen) atoms. The zero-order chi connectivity index (χ0) is 12.4. The van der Waals surface area contributed by atoms with Gasteiger partial charge in [-0.05, 0) is 28.9 Å². The van der Waals surface area contributed by atoms with Crippen molar-refractivity contribution in [1.29, 1.82) is 0 Å². The fourth-order valence-corrected chi connectivity index (χ4v) is 4.16. The third-order valence-corrected chi connectivity index (χ3v) is 5.99. The molecule has 2 aliphatic rings. The van der Waals surface area contributed by atoms with Crippen LogP contribution < -0.4 is 0 Å². The number of ketones is 1. The van der Waals surface area contributed by atoms with Gasteiger partial charge in [0.05, 0.1) is 6.26 Å². The molecule has 3 rings (SSSR count). The van der Waals surface area contributed by atoms with Crippen molar-refractivity contribution < 1.29 is 9.21 Å². The highest BCUT2D eigenvalue weighted by atomic mass is 16.3. The lowest BCUT2D eigenvalue weighted by molar-refractivity contribution is -0.131. The van der Waals surface area contributed by atoms with Crippen LogP contribution in [0, 0.1) is 16.7 Å². The van der Waals surface area contributed by atoms with Gasteiger partial charge < -0.3 is 4.42 Å². The summed E-state index contributed by atoms with van der Waals surface area (Å²) in [6.45, 7) is 8.83. The van der Waals surface area contributed by atoms with Gasteiger partial charge in [0.25, 0.3) is 0 Å². The molecular formula is C15H20O2. The summed E-state index contributed by atoms with van der Waals surface area (Å²) < 4.78 is 5.62. The van der Waals surface area contributed by atoms with E-state index < -0.39 is 0 Å². The molecule has 0 spiro atoms. The lowest BCUT2D eigenvalue weighted by Crippen LogP contribution is -2.47. The number of furan rings is 1. The second-order valence-corrected chi connectivity index (χ2v) is 6.35. The maximum Gasteiger partial charge on any atom is 0.140 e. The highest BCUT2D eigenvalue weighted by Gasteiger charge is 2.63. The first-order chi connectivity index (χ1) is 7.91. The van der Waals surface area contributed by atoms with Crippen molar-refractivity contribution >= 4 is 5.78 Å². The van der Waals surface area contributed by atoms with Gasteiger partial charge in [0, 0.05) is 18.3 Å². The van der Waals surface area contributed by atoms with E-state index in [2.05, 4.69) is 27.7 Å². The Morgan fingerprint density at radius 3 is 2.76 bits per heavy atom. The summed E-state index contributed by atoms with van der Waals surface area (Å²) in [4.78, 5) is 12.5. The van der Waals surface area contributed by atoms with Gasteiger partial charge in [0.1, 0.15) is 11.5 Å². The first kappa shape index (κ1) is 11.1. The highest BCUT2D eigenvalue weighted by molar-refractivity contribution is 5.89. The van der Waals surface area contributed by atoms with E-state index in [1.807, 2.05) is 6.07 Å². The fraction of sp³-hybridized carbons (Fsp3) is 0.667. The average molecular weight is 232 g/mol. The molecule has 1 heterocycles. The number of fused-ring (bicyclic) bond motifs is 2. The Morgan fingerprint density at radius 1 is 1.35 bits per heavy atom. The van der Waals surface area contributed by atoms with Gasteiger partial charge in [-0.15, -0.1) is 0 Å². The van der Waals surface area contributed by atoms with Gasteiger partial charge in [0.15, 0.2) is 0 Å². The molecule has 2 heteroatoms. The summed E-state index contributed by atoms with van der Waals surface area (Å²) >= 11 is 0. The van der Waals surface area contributed by atoms with Crippen molar-refractivity contribution in [3.05, 3.63) is 23.7 Å². The molecule has 2 aliphatic carbocycles. The van der Waals surface area contributed by atoms with Crippen LogP contribution >= 0.6 is 0 Å². The Bertz CT molecular complexity index is 487. The number of rotatable bonds is 0. The quantitative estimate of drug-likeness (QED) is 0.684. The number of carbonyl (C=O) groups is 1. The standard InChI is InChI=1S/C15H20O2/c1-9-7-13(16)15(4)10(2)11-5-6-17-12(11)8-14(9,15)3/h5-6,9-10H,7-8H2,1-4H3/t9-,10+,14-,15-/m0/s1. The lowest BCUT2D eigenvalue weighted by Gasteiger charge is -2.49. The molecule has 0 radical (unpaired) electrons. The number of hydrogen-bond acceptors (Lipinski definition) is 2. The van der Waals surface area contributed by atoms with E-state index in [-0.39, 0.29) is 16.7 Å². The molecule has 1 fully saturated rings. The van der Waals surface area contributed by atoms with Crippen molar-refractivity contribution in [2.24, 2.45) is 16.7 Å². The van der Waals surface area contributed by atoms with Crippen molar-refractivity contribution in [2.75, 3.05) is 0 Å². The van der Waals surface area contributed by atoms with Crippen molar-refractivity contribution in [2.45, 2.75) is 46.5 Å². The summed E-state index contributed by atoms with van der Waals surface area (Å²) in [5, 5.41) is 0. The number of carbonyl (C=O) groups excluding carboxylic acids is 1. The minimum Gasteiger partial charge on any atom is -0.469 e. The van der Waals surface area contributed by atoms with Crippen molar-refractivity contribution in [3.8, 4) is 0 Å². The first-order valence-electron chi connectivity index (χ1n) is 6.51. The molecule has 0 bridgehead atoms. The summed E-state index contributed by atoms with van der Waals surface area (Å²) in [6, 6.07) is 2.04. The van der Waals surface area contributed by atoms with Crippen molar-refractivity contribution in [1.82, 2.24) is 0 Å². The van der Waals surface area contributed by atoms with Crippen LogP contribution in [0.25, 0.3) is 0 Å². The first-order valence-corrected chi connectivity index (χ1v) is 6.51. The largest absolute Gasteiger partial charge is 0.469 e. The zero-order valence-corrected chi connectivity index (χ0v) is 11.0. The monoisotopic (exact) mass is 232 g/mol. The molecule has 1 aromatic heterocycles. The highest BCUT2D eigenvalue weighted by Crippen LogP contribution is 2.64. The van der Waals surface area contributed by atoms with E-state index in [0.29, 0.717) is 11.7 Å². The van der Waals surface area contributed by atoms with Crippen LogP contribution in [0.4, 0.5) is 0 Å². The summed E-state index contributed by atoms with van der Waals surface area (Å²) in [6.07, 6.45) is 3.40. The molecule has 1 aromatic rings. The lowest BCUT2D eigenvalue weighted by atomic mass is 9.53. The van der Waals surface area contributed by atoms with Gasteiger partial charge in [-0.25, -0.2) is 0 Å². The fourth-order valence-electron chi connectivity index (χ4n) is 4.16. The smallest absolute Gasteiger partial charge is 0.140 e. The molecule has 0 aliphatic heterocycles. The minimum absolute atomic E-state index is 0.0500. The van der Waals surface area contributed by atoms with Gasteiger partial charge in [-0.1, -0.05) is 27.7 Å². The van der Waals surface area contributed by atoms with Crippen LogP contribution in [-0.2, 0) is 11.2 Å². The number of hydrogen-bond donors (Lipinski definition) is 0. The van der Waals surface area contributed by atoms with Gasteiger partial charge in [-0.2, -0.15) is 0 Å². The van der Waals surface area contributed by atoms with Gasteiger partial charge in [0.2, 0.25) is 0 Å². The van der Waals surface area contributed by atoms with E-state index in [1.54, 1.807) is 6.26 Å². The third kappa shape index (κ3) is 1.05. The molecule has 0 saturated heterocycles. The molecule has 1 saturated carbocycles. The predicted molar refractivity (Wildman–Crippen MR) is 65.8 cm³/mol. The van der Waals surface area contributed by atoms with Crippen LogP contribution in [-0.4, -0.2) is 5.78 Å². The predicted octanol–water partition coefficient (Wildman–Crippen LogP) is 3.56. The van der Waals surface area contributed by atoms with Crippen LogP contribution in [0.1, 0.15) is 51.4 Å². The molecule has 0 unspecified atom stereocenters. The normalized spacial score (nSPS) is 44.6. The Hall–Kier alpha value is -1.05. The SMILES string of the molecule is C[C@@H]1c2ccoc2C[C@@]2(C)[C@@H](C)CC(=O)[C@]12C. The Kier molecular flexibility index (Phi) is 1.98. The Morgan fingerprint density at radius 2 is 2.06 bits per heavy atom. The summed E-state index contributed by atoms with van der Waals surface area (Å²) in [5.41, 5.74) is 1.07. The van der Waals surface area contributed by atoms with E-state index in [1.165, 1.54) is 5.56 Å². The third-order valence-electron chi connectivity index (χ3n) is 5.99. The topological polar surface area (TPSA) is 30.2 Å². The van der Waals surface area contributed by atoms with Gasteiger partial charge in [-0.3, -0.25) is 4.79 Å². The van der Waals surface area contributed by atoms with Gasteiger partial charge >= 0.3 is 0 Å². The van der Waals surface area contributed by atoms with Crippen LogP contribution in [0.3, 0.4) is 0 Å². The maximum absolute atomic E-state index is 12.5. The zero-order valence-electron chi connectivity index (χ0n) is 11.0. The van der Waals surface area contributed by atoms with E-state index >= 15 is 0 Å². The van der Waals surface area contributed by atoms with Crippen LogP contribution in [0.5, 0.6) is 0 Å². The Labute approximate surface area is 102 Å². The molecule has 2 nitrogen and oxygen atoms in total. The van der Waals surface area contributed by atoms with E-state index in [0.717, 1.165) is 18.6 Å². The molecular weight excluding hydrogens is 212 g/mol. The molecule has 0 N–H and O–H groups in total. The average Bonchev–Trinajstić information content (AvgIpc) is 2.78. The maximum atomic E-state index is 12.5. The van der Waals surface area contributed by atoms with Crippen molar-refractivity contribution in [3.63, 3.8) is 0 Å². The molecule has 0 amide bonds. The van der Waals surface area contributed by atoms with E-state index in [4.69, 9.17) is 4.42 Å². The molecule has 92 valence electrons. The molecule has 0 aromatic carbocycles. The van der Waals surface area contributed by atoms with Crippen LogP contribution in [0.2, 0.25) is 0 Å².